The Morgan fingerprint density at radius 1 is 1.18 bits per heavy atom. The summed E-state index contributed by atoms with van der Waals surface area (Å²) in [7, 11) is 0. The molecule has 0 aromatic heterocycles. The normalized spacial score (nSPS) is 17.4. The van der Waals surface area contributed by atoms with Gasteiger partial charge in [-0.3, -0.25) is 9.59 Å². The summed E-state index contributed by atoms with van der Waals surface area (Å²) in [5, 5.41) is 3.00. The highest BCUT2D eigenvalue weighted by Crippen LogP contribution is 2.14. The van der Waals surface area contributed by atoms with Crippen LogP contribution in [0.4, 0.5) is 0 Å². The summed E-state index contributed by atoms with van der Waals surface area (Å²) in [6.07, 6.45) is 1.55. The Bertz CT molecular complexity index is 508. The number of amides is 2. The van der Waals surface area contributed by atoms with E-state index in [1.54, 1.807) is 0 Å². The fourth-order valence-electron chi connectivity index (χ4n) is 2.59. The van der Waals surface area contributed by atoms with Gasteiger partial charge < -0.3 is 16.0 Å². The first-order valence-corrected chi connectivity index (χ1v) is 7.89. The van der Waals surface area contributed by atoms with Crippen LogP contribution in [0.2, 0.25) is 0 Å². The van der Waals surface area contributed by atoms with Crippen molar-refractivity contribution >= 4 is 11.8 Å². The largest absolute Gasteiger partial charge is 0.352 e. The van der Waals surface area contributed by atoms with Gasteiger partial charge in [0.25, 0.3) is 5.91 Å². The van der Waals surface area contributed by atoms with Crippen LogP contribution in [0.25, 0.3) is 0 Å². The third-order valence-electron chi connectivity index (χ3n) is 4.17. The summed E-state index contributed by atoms with van der Waals surface area (Å²) < 4.78 is 0. The smallest absolute Gasteiger partial charge is 0.253 e. The number of piperidine rings is 1. The van der Waals surface area contributed by atoms with Crippen LogP contribution in [0.1, 0.15) is 37.0 Å². The molecule has 1 aliphatic rings. The highest BCUT2D eigenvalue weighted by atomic mass is 16.2. The number of hydrogen-bond acceptors (Lipinski definition) is 3. The van der Waals surface area contributed by atoms with Gasteiger partial charge in [0.05, 0.1) is 6.04 Å². The lowest BCUT2D eigenvalue weighted by Crippen LogP contribution is -2.51. The number of carbonyl (C=O) groups is 2. The molecule has 0 bridgehead atoms. The minimum atomic E-state index is -0.469. The van der Waals surface area contributed by atoms with Crippen molar-refractivity contribution in [1.82, 2.24) is 10.2 Å². The van der Waals surface area contributed by atoms with Gasteiger partial charge in [-0.1, -0.05) is 32.0 Å². The van der Waals surface area contributed by atoms with Crippen molar-refractivity contribution < 1.29 is 9.59 Å². The second-order valence-corrected chi connectivity index (χ2v) is 6.21. The zero-order valence-electron chi connectivity index (χ0n) is 13.3. The van der Waals surface area contributed by atoms with Crippen molar-refractivity contribution in [3.8, 4) is 0 Å². The van der Waals surface area contributed by atoms with Gasteiger partial charge in [0.2, 0.25) is 5.91 Å². The Morgan fingerprint density at radius 3 is 2.32 bits per heavy atom. The van der Waals surface area contributed by atoms with Gasteiger partial charge in [-0.15, -0.1) is 0 Å². The highest BCUT2D eigenvalue weighted by molar-refractivity contribution is 5.94. The van der Waals surface area contributed by atoms with Gasteiger partial charge in [0.15, 0.2) is 0 Å². The third-order valence-corrected chi connectivity index (χ3v) is 4.17. The lowest BCUT2D eigenvalue weighted by Gasteiger charge is -2.33. The lowest BCUT2D eigenvalue weighted by molar-refractivity contribution is -0.124. The molecule has 1 saturated heterocycles. The molecule has 1 aromatic carbocycles. The molecular weight excluding hydrogens is 278 g/mol. The predicted molar refractivity (Wildman–Crippen MR) is 86.3 cm³/mol. The zero-order chi connectivity index (χ0) is 16.1. The molecule has 1 fully saturated rings. The van der Waals surface area contributed by atoms with Gasteiger partial charge in [-0.25, -0.2) is 0 Å². The van der Waals surface area contributed by atoms with Crippen molar-refractivity contribution in [3.63, 3.8) is 0 Å². The maximum atomic E-state index is 12.3. The number of hydrogen-bond donors (Lipinski definition) is 2. The van der Waals surface area contributed by atoms with Crippen LogP contribution in [-0.4, -0.2) is 41.9 Å². The van der Waals surface area contributed by atoms with E-state index in [0.29, 0.717) is 18.7 Å². The second-order valence-electron chi connectivity index (χ2n) is 6.21. The van der Waals surface area contributed by atoms with Gasteiger partial charge in [0, 0.05) is 24.7 Å². The summed E-state index contributed by atoms with van der Waals surface area (Å²) in [6.45, 7) is 5.20. The molecule has 5 nitrogen and oxygen atoms in total. The SMILES string of the molecule is CC(C)[C@H](N)C(=O)NC1CCN(C(=O)c2ccccc2)CC1. The Kier molecular flexibility index (Phi) is 5.55. The molecule has 22 heavy (non-hydrogen) atoms. The number of nitrogens with zero attached hydrogens (tertiary/aromatic N) is 1. The van der Waals surface area contributed by atoms with Gasteiger partial charge in [-0.05, 0) is 30.9 Å². The molecule has 5 heteroatoms. The molecule has 0 aliphatic carbocycles. The summed E-state index contributed by atoms with van der Waals surface area (Å²) in [4.78, 5) is 26.2. The zero-order valence-corrected chi connectivity index (χ0v) is 13.3. The van der Waals surface area contributed by atoms with Crippen molar-refractivity contribution in [2.45, 2.75) is 38.8 Å². The molecule has 0 unspecified atom stereocenters. The lowest BCUT2D eigenvalue weighted by atomic mass is 10.0. The molecule has 1 atom stereocenters. The van der Waals surface area contributed by atoms with Crippen LogP contribution in [0, 0.1) is 5.92 Å². The third kappa shape index (κ3) is 4.07. The van der Waals surface area contributed by atoms with Crippen LogP contribution < -0.4 is 11.1 Å². The van der Waals surface area contributed by atoms with E-state index in [-0.39, 0.29) is 23.8 Å². The van der Waals surface area contributed by atoms with E-state index in [4.69, 9.17) is 5.73 Å². The Balaban J connectivity index is 1.83. The average molecular weight is 303 g/mol. The molecule has 120 valence electrons. The van der Waals surface area contributed by atoms with E-state index >= 15 is 0 Å². The molecule has 1 heterocycles. The molecule has 2 amide bonds. The quantitative estimate of drug-likeness (QED) is 0.882. The van der Waals surface area contributed by atoms with Crippen LogP contribution in [0.5, 0.6) is 0 Å². The van der Waals surface area contributed by atoms with Crippen LogP contribution >= 0.6 is 0 Å². The van der Waals surface area contributed by atoms with Crippen molar-refractivity contribution in [3.05, 3.63) is 35.9 Å². The predicted octanol–water partition coefficient (Wildman–Crippen LogP) is 1.39. The molecule has 3 N–H and O–H groups in total. The van der Waals surface area contributed by atoms with Crippen LogP contribution in [0.15, 0.2) is 30.3 Å². The number of carbonyl (C=O) groups excluding carboxylic acids is 2. The van der Waals surface area contributed by atoms with Crippen molar-refractivity contribution in [2.24, 2.45) is 11.7 Å². The summed E-state index contributed by atoms with van der Waals surface area (Å²) in [6, 6.07) is 8.94. The molecule has 0 radical (unpaired) electrons. The van der Waals surface area contributed by atoms with E-state index in [2.05, 4.69) is 5.32 Å². The monoisotopic (exact) mass is 303 g/mol. The molecule has 1 aliphatic heterocycles. The number of nitrogens with one attached hydrogen (secondary N) is 1. The summed E-state index contributed by atoms with van der Waals surface area (Å²) >= 11 is 0. The second kappa shape index (κ2) is 7.40. The Labute approximate surface area is 131 Å². The Hall–Kier alpha value is -1.88. The van der Waals surface area contributed by atoms with Crippen LogP contribution in [0.3, 0.4) is 0 Å². The number of benzene rings is 1. The maximum Gasteiger partial charge on any atom is 0.253 e. The fourth-order valence-corrected chi connectivity index (χ4v) is 2.59. The summed E-state index contributed by atoms with van der Waals surface area (Å²) in [5.74, 6) is 0.0897. The topological polar surface area (TPSA) is 75.4 Å². The first-order valence-electron chi connectivity index (χ1n) is 7.89. The van der Waals surface area contributed by atoms with Crippen LogP contribution in [-0.2, 0) is 4.79 Å². The van der Waals surface area contributed by atoms with E-state index < -0.39 is 6.04 Å². The number of rotatable bonds is 4. The standard InChI is InChI=1S/C17H25N3O2/c1-12(2)15(18)16(21)19-14-8-10-20(11-9-14)17(22)13-6-4-3-5-7-13/h3-7,12,14-15H,8-11,18H2,1-2H3,(H,19,21)/t15-/m0/s1. The molecule has 0 spiro atoms. The Morgan fingerprint density at radius 2 is 1.77 bits per heavy atom. The number of likely N-dealkylation sites (tertiary alicyclic amines) is 1. The molecular formula is C17H25N3O2. The minimum absolute atomic E-state index is 0.0595. The van der Waals surface area contributed by atoms with E-state index in [0.717, 1.165) is 12.8 Å². The average Bonchev–Trinajstić information content (AvgIpc) is 2.54. The first kappa shape index (κ1) is 16.5. The van der Waals surface area contributed by atoms with E-state index in [9.17, 15) is 9.59 Å². The number of nitrogens with two attached hydrogens (primary N) is 1. The van der Waals surface area contributed by atoms with Crippen molar-refractivity contribution in [2.75, 3.05) is 13.1 Å². The molecule has 2 rings (SSSR count). The maximum absolute atomic E-state index is 12.3. The first-order chi connectivity index (χ1) is 10.5. The van der Waals surface area contributed by atoms with E-state index in [1.165, 1.54) is 0 Å². The fraction of sp³-hybridized carbons (Fsp3) is 0.529. The van der Waals surface area contributed by atoms with Gasteiger partial charge in [-0.2, -0.15) is 0 Å². The van der Waals surface area contributed by atoms with Gasteiger partial charge >= 0.3 is 0 Å². The summed E-state index contributed by atoms with van der Waals surface area (Å²) in [5.41, 5.74) is 6.57. The van der Waals surface area contributed by atoms with Crippen molar-refractivity contribution in [1.29, 1.82) is 0 Å². The van der Waals surface area contributed by atoms with E-state index in [1.807, 2.05) is 49.1 Å². The van der Waals surface area contributed by atoms with Gasteiger partial charge in [0.1, 0.15) is 0 Å². The molecule has 1 aromatic rings. The highest BCUT2D eigenvalue weighted by Gasteiger charge is 2.26. The molecule has 0 saturated carbocycles. The minimum Gasteiger partial charge on any atom is -0.352 e.